The quantitative estimate of drug-likeness (QED) is 0.258. The molecule has 1 aliphatic rings. The highest BCUT2D eigenvalue weighted by Crippen LogP contribution is 2.36. The Labute approximate surface area is 194 Å². The van der Waals surface area contributed by atoms with Gasteiger partial charge in [-0.25, -0.2) is 9.69 Å². The fourth-order valence-electron chi connectivity index (χ4n) is 2.83. The molecule has 0 spiro atoms. The molecule has 8 nitrogen and oxygen atoms in total. The number of para-hydroxylation sites is 2. The van der Waals surface area contributed by atoms with Crippen LogP contribution in [0.15, 0.2) is 50.9 Å². The lowest BCUT2D eigenvalue weighted by molar-refractivity contribution is -0.134. The molecule has 2 aromatic carbocycles. The van der Waals surface area contributed by atoms with Crippen LogP contribution in [-0.2, 0) is 14.4 Å². The Balaban J connectivity index is 2.12. The van der Waals surface area contributed by atoms with Crippen molar-refractivity contribution < 1.29 is 28.7 Å². The second kappa shape index (κ2) is 9.44. The minimum absolute atomic E-state index is 0.133. The summed E-state index contributed by atoms with van der Waals surface area (Å²) in [6.45, 7) is 1.64. The van der Waals surface area contributed by atoms with Crippen molar-refractivity contribution in [2.45, 2.75) is 13.3 Å². The number of amides is 4. The highest BCUT2D eigenvalue weighted by molar-refractivity contribution is 9.11. The largest absolute Gasteiger partial charge is 0.495 e. The molecule has 3 rings (SSSR count). The summed E-state index contributed by atoms with van der Waals surface area (Å²) in [6.07, 6.45) is 1.40. The highest BCUT2D eigenvalue weighted by atomic mass is 79.9. The molecule has 10 heteroatoms. The van der Waals surface area contributed by atoms with Gasteiger partial charge in [0.25, 0.3) is 11.8 Å². The van der Waals surface area contributed by atoms with Gasteiger partial charge in [-0.2, -0.15) is 0 Å². The van der Waals surface area contributed by atoms with Gasteiger partial charge in [-0.05, 0) is 46.3 Å². The van der Waals surface area contributed by atoms with Crippen molar-refractivity contribution >= 4 is 67.4 Å². The molecular weight excluding hydrogens is 536 g/mol. The predicted molar refractivity (Wildman–Crippen MR) is 120 cm³/mol. The summed E-state index contributed by atoms with van der Waals surface area (Å²) in [7, 11) is 1.40. The number of rotatable bonds is 5. The Kier molecular flexibility index (Phi) is 6.91. The van der Waals surface area contributed by atoms with Crippen LogP contribution in [0.5, 0.6) is 11.5 Å². The van der Waals surface area contributed by atoms with Gasteiger partial charge in [0, 0.05) is 16.5 Å². The molecule has 4 amide bonds. The first kappa shape index (κ1) is 22.7. The van der Waals surface area contributed by atoms with E-state index < -0.39 is 23.8 Å². The molecule has 0 bridgehead atoms. The van der Waals surface area contributed by atoms with Crippen molar-refractivity contribution in [2.75, 3.05) is 12.0 Å². The van der Waals surface area contributed by atoms with E-state index in [1.807, 2.05) is 0 Å². The van der Waals surface area contributed by atoms with Crippen LogP contribution in [0.4, 0.5) is 10.5 Å². The van der Waals surface area contributed by atoms with Gasteiger partial charge in [-0.3, -0.25) is 19.7 Å². The standard InChI is InChI=1S/C21H16Br2N2O6/c1-3-17(26)31-18-11(8-12(22)10-14(18)23)9-13-19(27)24-21(29)25(20(13)28)15-6-4-5-7-16(15)30-2/h4-10H,3H2,1-2H3,(H,24,27,29)/b13-9-. The minimum atomic E-state index is -0.898. The number of halogens is 2. The summed E-state index contributed by atoms with van der Waals surface area (Å²) < 4.78 is 11.7. The molecule has 2 aromatic rings. The van der Waals surface area contributed by atoms with Crippen LogP contribution in [0.1, 0.15) is 18.9 Å². The predicted octanol–water partition coefficient (Wildman–Crippen LogP) is 4.20. The van der Waals surface area contributed by atoms with E-state index >= 15 is 0 Å². The van der Waals surface area contributed by atoms with Crippen molar-refractivity contribution in [1.29, 1.82) is 0 Å². The van der Waals surface area contributed by atoms with Crippen molar-refractivity contribution in [2.24, 2.45) is 0 Å². The molecule has 1 saturated heterocycles. The number of carbonyl (C=O) groups excluding carboxylic acids is 4. The number of urea groups is 1. The first-order valence-corrected chi connectivity index (χ1v) is 10.6. The van der Waals surface area contributed by atoms with Gasteiger partial charge >= 0.3 is 12.0 Å². The number of imide groups is 2. The van der Waals surface area contributed by atoms with E-state index in [-0.39, 0.29) is 34.7 Å². The number of methoxy groups -OCH3 is 1. The normalized spacial score (nSPS) is 15.2. The highest BCUT2D eigenvalue weighted by Gasteiger charge is 2.38. The zero-order valence-electron chi connectivity index (χ0n) is 16.4. The fraction of sp³-hybridized carbons (Fsp3) is 0.143. The number of hydrogen-bond acceptors (Lipinski definition) is 6. The lowest BCUT2D eigenvalue weighted by atomic mass is 10.1. The maximum atomic E-state index is 13.2. The van der Waals surface area contributed by atoms with Gasteiger partial charge in [0.2, 0.25) is 0 Å². The number of nitrogens with zero attached hydrogens (tertiary/aromatic N) is 1. The van der Waals surface area contributed by atoms with Crippen LogP contribution in [0.2, 0.25) is 0 Å². The van der Waals surface area contributed by atoms with Crippen LogP contribution < -0.4 is 19.7 Å². The van der Waals surface area contributed by atoms with E-state index in [1.54, 1.807) is 37.3 Å². The monoisotopic (exact) mass is 550 g/mol. The molecule has 0 saturated carbocycles. The van der Waals surface area contributed by atoms with Crippen LogP contribution in [0.25, 0.3) is 6.08 Å². The second-order valence-electron chi connectivity index (χ2n) is 6.26. The Morgan fingerprint density at radius 2 is 1.87 bits per heavy atom. The number of nitrogens with one attached hydrogen (secondary N) is 1. The molecule has 31 heavy (non-hydrogen) atoms. The fourth-order valence-corrected chi connectivity index (χ4v) is 4.17. The van der Waals surface area contributed by atoms with Crippen LogP contribution in [-0.4, -0.2) is 30.9 Å². The zero-order chi connectivity index (χ0) is 22.7. The molecule has 0 atom stereocenters. The summed E-state index contributed by atoms with van der Waals surface area (Å²) >= 11 is 6.66. The average molecular weight is 552 g/mol. The molecule has 0 radical (unpaired) electrons. The van der Waals surface area contributed by atoms with Crippen molar-refractivity contribution in [3.63, 3.8) is 0 Å². The van der Waals surface area contributed by atoms with Crippen molar-refractivity contribution in [1.82, 2.24) is 5.32 Å². The molecule has 1 fully saturated rings. The lowest BCUT2D eigenvalue weighted by Gasteiger charge is -2.27. The maximum Gasteiger partial charge on any atom is 0.336 e. The molecule has 0 aliphatic carbocycles. The Hall–Kier alpha value is -2.98. The summed E-state index contributed by atoms with van der Waals surface area (Å²) in [5, 5.41) is 2.15. The maximum absolute atomic E-state index is 13.2. The number of carbonyl (C=O) groups is 4. The van der Waals surface area contributed by atoms with Gasteiger partial charge < -0.3 is 9.47 Å². The third-order valence-electron chi connectivity index (χ3n) is 4.27. The molecule has 0 aromatic heterocycles. The van der Waals surface area contributed by atoms with Crippen LogP contribution in [0.3, 0.4) is 0 Å². The van der Waals surface area contributed by atoms with E-state index in [2.05, 4.69) is 37.2 Å². The van der Waals surface area contributed by atoms with E-state index in [0.717, 1.165) is 4.90 Å². The first-order valence-electron chi connectivity index (χ1n) is 9.01. The SMILES string of the molecule is CCC(=O)Oc1c(Br)cc(Br)cc1/C=C1/C(=O)NC(=O)N(c2ccccc2OC)C1=O. The van der Waals surface area contributed by atoms with Gasteiger partial charge in [-0.15, -0.1) is 0 Å². The summed E-state index contributed by atoms with van der Waals surface area (Å²) in [5.41, 5.74) is 0.152. The Morgan fingerprint density at radius 1 is 1.16 bits per heavy atom. The average Bonchev–Trinajstić information content (AvgIpc) is 2.73. The van der Waals surface area contributed by atoms with Gasteiger partial charge in [0.05, 0.1) is 17.3 Å². The summed E-state index contributed by atoms with van der Waals surface area (Å²) in [4.78, 5) is 50.8. The number of ether oxygens (including phenoxy) is 2. The van der Waals surface area contributed by atoms with E-state index in [9.17, 15) is 19.2 Å². The van der Waals surface area contributed by atoms with Gasteiger partial charge in [0.15, 0.2) is 5.75 Å². The van der Waals surface area contributed by atoms with Crippen LogP contribution in [0, 0.1) is 0 Å². The first-order chi connectivity index (χ1) is 14.8. The molecular formula is C21H16Br2N2O6. The third kappa shape index (κ3) is 4.70. The van der Waals surface area contributed by atoms with Gasteiger partial charge in [-0.1, -0.05) is 35.0 Å². The molecule has 0 unspecified atom stereocenters. The Morgan fingerprint density at radius 3 is 2.55 bits per heavy atom. The third-order valence-corrected chi connectivity index (χ3v) is 5.32. The van der Waals surface area contributed by atoms with Crippen molar-refractivity contribution in [3.05, 3.63) is 56.5 Å². The van der Waals surface area contributed by atoms with Gasteiger partial charge in [0.1, 0.15) is 11.3 Å². The number of hydrogen-bond donors (Lipinski definition) is 1. The lowest BCUT2D eigenvalue weighted by Crippen LogP contribution is -2.54. The van der Waals surface area contributed by atoms with E-state index in [1.165, 1.54) is 19.3 Å². The van der Waals surface area contributed by atoms with E-state index in [4.69, 9.17) is 9.47 Å². The topological polar surface area (TPSA) is 102 Å². The van der Waals surface area contributed by atoms with E-state index in [0.29, 0.717) is 8.95 Å². The molecule has 160 valence electrons. The number of anilines is 1. The Bertz CT molecular complexity index is 1130. The number of esters is 1. The van der Waals surface area contributed by atoms with Crippen molar-refractivity contribution in [3.8, 4) is 11.5 Å². The summed E-state index contributed by atoms with van der Waals surface area (Å²) in [6, 6.07) is 8.77. The number of barbiturate groups is 1. The molecule has 1 aliphatic heterocycles. The molecule has 1 heterocycles. The summed E-state index contributed by atoms with van der Waals surface area (Å²) in [5.74, 6) is -1.79. The smallest absolute Gasteiger partial charge is 0.336 e. The zero-order valence-corrected chi connectivity index (χ0v) is 19.6. The minimum Gasteiger partial charge on any atom is -0.495 e. The van der Waals surface area contributed by atoms with Crippen LogP contribution >= 0.6 is 31.9 Å². The molecule has 1 N–H and O–H groups in total. The second-order valence-corrected chi connectivity index (χ2v) is 8.03. The number of benzene rings is 2.